The lowest BCUT2D eigenvalue weighted by Crippen LogP contribution is -2.40. The molecule has 7 nitrogen and oxygen atoms in total. The molecule has 0 unspecified atom stereocenters. The average molecular weight is 385 g/mol. The van der Waals surface area contributed by atoms with Gasteiger partial charge in [0.15, 0.2) is 11.5 Å². The number of amides is 1. The molecule has 140 valence electrons. The van der Waals surface area contributed by atoms with Gasteiger partial charge in [0.1, 0.15) is 17.5 Å². The van der Waals surface area contributed by atoms with Crippen LogP contribution in [0.25, 0.3) is 10.2 Å². The summed E-state index contributed by atoms with van der Waals surface area (Å²) in [7, 11) is 0. The van der Waals surface area contributed by atoms with Crippen LogP contribution < -0.4 is 20.3 Å². The summed E-state index contributed by atoms with van der Waals surface area (Å²) in [6, 6.07) is 7.44. The average Bonchev–Trinajstić information content (AvgIpc) is 3.03. The third kappa shape index (κ3) is 3.16. The number of aryl methyl sites for hydroxylation is 2. The Morgan fingerprint density at radius 2 is 2.15 bits per heavy atom. The van der Waals surface area contributed by atoms with E-state index in [1.807, 2.05) is 31.2 Å². The van der Waals surface area contributed by atoms with Crippen LogP contribution in [0, 0.1) is 6.92 Å². The van der Waals surface area contributed by atoms with Crippen molar-refractivity contribution >= 4 is 27.5 Å². The van der Waals surface area contributed by atoms with E-state index >= 15 is 0 Å². The predicted octanol–water partition coefficient (Wildman–Crippen LogP) is 2.36. The van der Waals surface area contributed by atoms with Crippen LogP contribution in [0.5, 0.6) is 11.5 Å². The number of para-hydroxylation sites is 2. The second-order valence-electron chi connectivity index (χ2n) is 6.28. The molecular formula is C19H19N3O4S. The minimum atomic E-state index is -0.269. The van der Waals surface area contributed by atoms with Crippen molar-refractivity contribution in [3.8, 4) is 11.5 Å². The number of aromatic nitrogens is 2. The second kappa shape index (κ2) is 7.03. The summed E-state index contributed by atoms with van der Waals surface area (Å²) in [6.07, 6.45) is 1.25. The standard InChI is InChI=1S/C19H19N3O4S/c1-3-22-10-21-18-15(19(22)24)11(2)16(27-18)17(23)20-8-12-9-25-13-6-4-5-7-14(13)26-12/h4-7,10,12H,3,8-9H2,1-2H3,(H,20,23)/t12-/m1/s1. The van der Waals surface area contributed by atoms with Gasteiger partial charge in [0.2, 0.25) is 0 Å². The highest BCUT2D eigenvalue weighted by atomic mass is 32.1. The zero-order valence-electron chi connectivity index (χ0n) is 15.0. The monoisotopic (exact) mass is 385 g/mol. The second-order valence-corrected chi connectivity index (χ2v) is 7.28. The molecule has 0 saturated heterocycles. The summed E-state index contributed by atoms with van der Waals surface area (Å²) < 4.78 is 13.1. The molecule has 1 aromatic carbocycles. The van der Waals surface area contributed by atoms with Crippen molar-refractivity contribution < 1.29 is 14.3 Å². The zero-order valence-corrected chi connectivity index (χ0v) is 15.8. The van der Waals surface area contributed by atoms with E-state index < -0.39 is 0 Å². The van der Waals surface area contributed by atoms with Gasteiger partial charge in [-0.05, 0) is 31.5 Å². The maximum absolute atomic E-state index is 12.7. The van der Waals surface area contributed by atoms with Gasteiger partial charge in [-0.3, -0.25) is 14.2 Å². The van der Waals surface area contributed by atoms with Crippen molar-refractivity contribution in [1.29, 1.82) is 0 Å². The fourth-order valence-corrected chi connectivity index (χ4v) is 4.11. The third-order valence-corrected chi connectivity index (χ3v) is 5.72. The van der Waals surface area contributed by atoms with Crippen LogP contribution >= 0.6 is 11.3 Å². The largest absolute Gasteiger partial charge is 0.486 e. The lowest BCUT2D eigenvalue weighted by atomic mass is 10.2. The molecule has 1 amide bonds. The maximum Gasteiger partial charge on any atom is 0.262 e. The minimum absolute atomic E-state index is 0.115. The molecule has 0 aliphatic carbocycles. The van der Waals surface area contributed by atoms with Crippen LogP contribution in [-0.2, 0) is 6.54 Å². The number of hydrogen-bond acceptors (Lipinski definition) is 6. The highest BCUT2D eigenvalue weighted by molar-refractivity contribution is 7.20. The van der Waals surface area contributed by atoms with Crippen LogP contribution in [-0.4, -0.2) is 34.7 Å². The smallest absolute Gasteiger partial charge is 0.262 e. The highest BCUT2D eigenvalue weighted by Crippen LogP contribution is 2.31. The Hall–Kier alpha value is -2.87. The molecule has 8 heteroatoms. The van der Waals surface area contributed by atoms with Crippen molar-refractivity contribution in [1.82, 2.24) is 14.9 Å². The zero-order chi connectivity index (χ0) is 19.0. The molecule has 0 saturated carbocycles. The van der Waals surface area contributed by atoms with Gasteiger partial charge < -0.3 is 14.8 Å². The van der Waals surface area contributed by atoms with E-state index in [0.29, 0.717) is 51.9 Å². The molecule has 3 heterocycles. The van der Waals surface area contributed by atoms with Crippen molar-refractivity contribution in [3.63, 3.8) is 0 Å². The van der Waals surface area contributed by atoms with E-state index in [-0.39, 0.29) is 17.6 Å². The molecular weight excluding hydrogens is 366 g/mol. The van der Waals surface area contributed by atoms with E-state index in [0.717, 1.165) is 0 Å². The first-order chi connectivity index (χ1) is 13.1. The Morgan fingerprint density at radius 1 is 1.37 bits per heavy atom. The number of rotatable bonds is 4. The summed E-state index contributed by atoms with van der Waals surface area (Å²) in [5.41, 5.74) is 0.551. The first-order valence-corrected chi connectivity index (χ1v) is 9.55. The summed E-state index contributed by atoms with van der Waals surface area (Å²) in [6.45, 7) is 4.89. The lowest BCUT2D eigenvalue weighted by Gasteiger charge is -2.26. The van der Waals surface area contributed by atoms with E-state index in [9.17, 15) is 9.59 Å². The molecule has 1 aliphatic heterocycles. The van der Waals surface area contributed by atoms with Crippen molar-refractivity contribution in [2.75, 3.05) is 13.2 Å². The fraction of sp³-hybridized carbons (Fsp3) is 0.316. The number of thiophene rings is 1. The van der Waals surface area contributed by atoms with Gasteiger partial charge >= 0.3 is 0 Å². The number of carbonyl (C=O) groups is 1. The number of fused-ring (bicyclic) bond motifs is 2. The number of benzene rings is 1. The number of carbonyl (C=O) groups excluding carboxylic acids is 1. The summed E-state index contributed by atoms with van der Waals surface area (Å²) in [4.78, 5) is 30.5. The van der Waals surface area contributed by atoms with Crippen LogP contribution in [0.2, 0.25) is 0 Å². The maximum atomic E-state index is 12.7. The Bertz CT molecular complexity index is 1070. The molecule has 0 spiro atoms. The van der Waals surface area contributed by atoms with Gasteiger partial charge in [0, 0.05) is 6.54 Å². The Morgan fingerprint density at radius 3 is 2.93 bits per heavy atom. The molecule has 4 rings (SSSR count). The first-order valence-electron chi connectivity index (χ1n) is 8.73. The molecule has 2 aromatic heterocycles. The molecule has 1 N–H and O–H groups in total. The highest BCUT2D eigenvalue weighted by Gasteiger charge is 2.23. The quantitative estimate of drug-likeness (QED) is 0.746. The van der Waals surface area contributed by atoms with E-state index in [2.05, 4.69) is 10.3 Å². The molecule has 27 heavy (non-hydrogen) atoms. The number of nitrogens with zero attached hydrogens (tertiary/aromatic N) is 2. The van der Waals surface area contributed by atoms with Gasteiger partial charge in [-0.2, -0.15) is 0 Å². The number of ether oxygens (including phenoxy) is 2. The fourth-order valence-electron chi connectivity index (χ4n) is 3.05. The van der Waals surface area contributed by atoms with Gasteiger partial charge in [0.25, 0.3) is 11.5 Å². The molecule has 1 atom stereocenters. The minimum Gasteiger partial charge on any atom is -0.486 e. The Labute approximate surface area is 159 Å². The van der Waals surface area contributed by atoms with Crippen molar-refractivity contribution in [2.45, 2.75) is 26.5 Å². The molecule has 1 aliphatic rings. The molecule has 0 radical (unpaired) electrons. The topological polar surface area (TPSA) is 82.5 Å². The van der Waals surface area contributed by atoms with Crippen molar-refractivity contribution in [3.05, 3.63) is 51.4 Å². The van der Waals surface area contributed by atoms with Gasteiger partial charge in [0.05, 0.1) is 23.1 Å². The Balaban J connectivity index is 1.50. The SMILES string of the molecule is CCn1cnc2sc(C(=O)NC[C@@H]3COc4ccccc4O3)c(C)c2c1=O. The van der Waals surface area contributed by atoms with E-state index in [1.54, 1.807) is 6.92 Å². The van der Waals surface area contributed by atoms with E-state index in [1.165, 1.54) is 22.2 Å². The number of nitrogens with one attached hydrogen (secondary N) is 1. The lowest BCUT2D eigenvalue weighted by molar-refractivity contribution is 0.0791. The third-order valence-electron chi connectivity index (χ3n) is 4.52. The Kier molecular flexibility index (Phi) is 4.57. The van der Waals surface area contributed by atoms with Crippen LogP contribution in [0.15, 0.2) is 35.4 Å². The van der Waals surface area contributed by atoms with Crippen LogP contribution in [0.3, 0.4) is 0 Å². The first kappa shape index (κ1) is 17.5. The summed E-state index contributed by atoms with van der Waals surface area (Å²) in [5.74, 6) is 1.14. The van der Waals surface area contributed by atoms with Gasteiger partial charge in [-0.1, -0.05) is 12.1 Å². The summed E-state index contributed by atoms with van der Waals surface area (Å²) >= 11 is 1.23. The van der Waals surface area contributed by atoms with Gasteiger partial charge in [-0.25, -0.2) is 4.98 Å². The predicted molar refractivity (Wildman–Crippen MR) is 103 cm³/mol. The molecule has 0 bridgehead atoms. The summed E-state index contributed by atoms with van der Waals surface area (Å²) in [5, 5.41) is 3.39. The van der Waals surface area contributed by atoms with E-state index in [4.69, 9.17) is 9.47 Å². The van der Waals surface area contributed by atoms with Crippen LogP contribution in [0.1, 0.15) is 22.2 Å². The molecule has 3 aromatic rings. The van der Waals surface area contributed by atoms with Crippen molar-refractivity contribution in [2.24, 2.45) is 0 Å². The van der Waals surface area contributed by atoms with Crippen LogP contribution in [0.4, 0.5) is 0 Å². The molecule has 0 fully saturated rings. The normalized spacial score (nSPS) is 15.7. The van der Waals surface area contributed by atoms with Gasteiger partial charge in [-0.15, -0.1) is 11.3 Å². The number of hydrogen-bond donors (Lipinski definition) is 1.